The van der Waals surface area contributed by atoms with Gasteiger partial charge in [-0.05, 0) is 25.8 Å². The molecule has 16 heavy (non-hydrogen) atoms. The zero-order chi connectivity index (χ0) is 11.4. The lowest BCUT2D eigenvalue weighted by molar-refractivity contribution is 0.161. The zero-order valence-electron chi connectivity index (χ0n) is 10.3. The quantitative estimate of drug-likeness (QED) is 0.834. The Balaban J connectivity index is 1.90. The minimum Gasteiger partial charge on any atom is -0.311 e. The van der Waals surface area contributed by atoms with Crippen molar-refractivity contribution in [3.05, 3.63) is 35.9 Å². The average Bonchev–Trinajstić information content (AvgIpc) is 2.30. The fourth-order valence-corrected chi connectivity index (χ4v) is 2.36. The summed E-state index contributed by atoms with van der Waals surface area (Å²) in [7, 11) is 0. The molecule has 0 spiro atoms. The van der Waals surface area contributed by atoms with E-state index < -0.39 is 0 Å². The molecular weight excluding hydrogens is 196 g/mol. The summed E-state index contributed by atoms with van der Waals surface area (Å²) < 4.78 is 0. The summed E-state index contributed by atoms with van der Waals surface area (Å²) >= 11 is 0. The Kier molecular flexibility index (Phi) is 3.97. The van der Waals surface area contributed by atoms with Crippen molar-refractivity contribution in [3.63, 3.8) is 0 Å². The van der Waals surface area contributed by atoms with Crippen LogP contribution in [0.25, 0.3) is 0 Å². The van der Waals surface area contributed by atoms with Gasteiger partial charge in [0.15, 0.2) is 0 Å². The molecule has 88 valence electrons. The monoisotopic (exact) mass is 218 g/mol. The van der Waals surface area contributed by atoms with Gasteiger partial charge in [-0.3, -0.25) is 4.90 Å². The van der Waals surface area contributed by atoms with E-state index in [1.807, 2.05) is 0 Å². The number of rotatable bonds is 3. The molecule has 1 aliphatic heterocycles. The van der Waals surface area contributed by atoms with Gasteiger partial charge in [0.05, 0.1) is 0 Å². The summed E-state index contributed by atoms with van der Waals surface area (Å²) in [4.78, 5) is 2.56. The molecule has 0 saturated carbocycles. The fraction of sp³-hybridized carbons (Fsp3) is 0.571. The van der Waals surface area contributed by atoms with Gasteiger partial charge in [0.1, 0.15) is 0 Å². The molecule has 0 radical (unpaired) electrons. The van der Waals surface area contributed by atoms with Crippen molar-refractivity contribution in [1.82, 2.24) is 10.2 Å². The smallest absolute Gasteiger partial charge is 0.0236 e. The van der Waals surface area contributed by atoms with Crippen LogP contribution in [0.3, 0.4) is 0 Å². The second kappa shape index (κ2) is 5.46. The Morgan fingerprint density at radius 2 is 2.06 bits per heavy atom. The van der Waals surface area contributed by atoms with Crippen LogP contribution in [-0.4, -0.2) is 36.6 Å². The van der Waals surface area contributed by atoms with Crippen LogP contribution in [0.1, 0.15) is 19.4 Å². The van der Waals surface area contributed by atoms with E-state index in [9.17, 15) is 0 Å². The number of piperazine rings is 1. The van der Waals surface area contributed by atoms with E-state index in [0.717, 1.165) is 13.0 Å². The van der Waals surface area contributed by atoms with E-state index in [4.69, 9.17) is 0 Å². The molecule has 1 aromatic rings. The SMILES string of the molecule is CC(C)N1CCN[C@H](Cc2ccccc2)C1. The summed E-state index contributed by atoms with van der Waals surface area (Å²) in [6, 6.07) is 12.0. The van der Waals surface area contributed by atoms with Gasteiger partial charge in [-0.2, -0.15) is 0 Å². The van der Waals surface area contributed by atoms with Gasteiger partial charge in [-0.1, -0.05) is 30.3 Å². The van der Waals surface area contributed by atoms with Crippen molar-refractivity contribution >= 4 is 0 Å². The van der Waals surface area contributed by atoms with Gasteiger partial charge in [0.2, 0.25) is 0 Å². The number of hydrogen-bond donors (Lipinski definition) is 1. The maximum atomic E-state index is 3.61. The molecule has 1 atom stereocenters. The number of nitrogens with zero attached hydrogens (tertiary/aromatic N) is 1. The van der Waals surface area contributed by atoms with Crippen LogP contribution >= 0.6 is 0 Å². The molecule has 1 N–H and O–H groups in total. The van der Waals surface area contributed by atoms with E-state index >= 15 is 0 Å². The Morgan fingerprint density at radius 1 is 1.31 bits per heavy atom. The standard InChI is InChI=1S/C14H22N2/c1-12(2)16-9-8-15-14(11-16)10-13-6-4-3-5-7-13/h3-7,12,14-15H,8-11H2,1-2H3/t14-/m1/s1. The van der Waals surface area contributed by atoms with E-state index in [-0.39, 0.29) is 0 Å². The molecule has 1 aliphatic rings. The summed E-state index contributed by atoms with van der Waals surface area (Å²) in [6.45, 7) is 8.04. The van der Waals surface area contributed by atoms with Gasteiger partial charge in [0, 0.05) is 31.7 Å². The first kappa shape index (κ1) is 11.6. The highest BCUT2D eigenvalue weighted by Crippen LogP contribution is 2.09. The van der Waals surface area contributed by atoms with Crippen LogP contribution in [0, 0.1) is 0 Å². The fourth-order valence-electron chi connectivity index (χ4n) is 2.36. The first-order valence-electron chi connectivity index (χ1n) is 6.27. The first-order valence-corrected chi connectivity index (χ1v) is 6.27. The predicted molar refractivity (Wildman–Crippen MR) is 68.6 cm³/mol. The van der Waals surface area contributed by atoms with Crippen LogP contribution in [0.15, 0.2) is 30.3 Å². The van der Waals surface area contributed by atoms with Crippen LogP contribution < -0.4 is 5.32 Å². The second-order valence-corrected chi connectivity index (χ2v) is 4.93. The summed E-state index contributed by atoms with van der Waals surface area (Å²) in [5.74, 6) is 0. The Labute approximate surface area is 98.7 Å². The molecule has 0 aromatic heterocycles. The highest BCUT2D eigenvalue weighted by Gasteiger charge is 2.20. The van der Waals surface area contributed by atoms with Crippen LogP contribution in [0.5, 0.6) is 0 Å². The maximum absolute atomic E-state index is 3.61. The molecule has 2 nitrogen and oxygen atoms in total. The number of benzene rings is 1. The molecule has 2 rings (SSSR count). The number of nitrogens with one attached hydrogen (secondary N) is 1. The molecule has 0 unspecified atom stereocenters. The van der Waals surface area contributed by atoms with Gasteiger partial charge in [-0.15, -0.1) is 0 Å². The molecule has 0 aliphatic carbocycles. The normalized spacial score (nSPS) is 22.6. The van der Waals surface area contributed by atoms with Crippen LogP contribution in [-0.2, 0) is 6.42 Å². The van der Waals surface area contributed by atoms with Crippen LogP contribution in [0.2, 0.25) is 0 Å². The topological polar surface area (TPSA) is 15.3 Å². The third kappa shape index (κ3) is 3.06. The Morgan fingerprint density at radius 3 is 2.75 bits per heavy atom. The third-order valence-electron chi connectivity index (χ3n) is 3.34. The minimum atomic E-state index is 0.610. The highest BCUT2D eigenvalue weighted by atomic mass is 15.2. The molecule has 1 heterocycles. The zero-order valence-corrected chi connectivity index (χ0v) is 10.3. The molecule has 0 amide bonds. The van der Waals surface area contributed by atoms with Crippen molar-refractivity contribution in [2.24, 2.45) is 0 Å². The van der Waals surface area contributed by atoms with Gasteiger partial charge < -0.3 is 5.32 Å². The van der Waals surface area contributed by atoms with E-state index in [1.165, 1.54) is 18.7 Å². The molecule has 1 fully saturated rings. The van der Waals surface area contributed by atoms with E-state index in [2.05, 4.69) is 54.4 Å². The first-order chi connectivity index (χ1) is 7.75. The lowest BCUT2D eigenvalue weighted by Gasteiger charge is -2.36. The second-order valence-electron chi connectivity index (χ2n) is 4.93. The molecule has 0 bridgehead atoms. The van der Waals surface area contributed by atoms with Gasteiger partial charge in [0.25, 0.3) is 0 Å². The van der Waals surface area contributed by atoms with Crippen LogP contribution in [0.4, 0.5) is 0 Å². The van der Waals surface area contributed by atoms with Crippen molar-refractivity contribution in [2.75, 3.05) is 19.6 Å². The van der Waals surface area contributed by atoms with Crippen molar-refractivity contribution in [1.29, 1.82) is 0 Å². The molecule has 1 saturated heterocycles. The van der Waals surface area contributed by atoms with E-state index in [0.29, 0.717) is 12.1 Å². The molecular formula is C14H22N2. The largest absolute Gasteiger partial charge is 0.311 e. The summed E-state index contributed by atoms with van der Waals surface area (Å²) in [5.41, 5.74) is 1.44. The van der Waals surface area contributed by atoms with Crippen molar-refractivity contribution in [2.45, 2.75) is 32.4 Å². The lowest BCUT2D eigenvalue weighted by atomic mass is 10.0. The van der Waals surface area contributed by atoms with Gasteiger partial charge >= 0.3 is 0 Å². The van der Waals surface area contributed by atoms with E-state index in [1.54, 1.807) is 0 Å². The number of hydrogen-bond acceptors (Lipinski definition) is 2. The summed E-state index contributed by atoms with van der Waals surface area (Å²) in [6.07, 6.45) is 1.14. The van der Waals surface area contributed by atoms with Gasteiger partial charge in [-0.25, -0.2) is 0 Å². The highest BCUT2D eigenvalue weighted by molar-refractivity contribution is 5.16. The lowest BCUT2D eigenvalue weighted by Crippen LogP contribution is -2.53. The summed E-state index contributed by atoms with van der Waals surface area (Å²) in [5, 5.41) is 3.61. The van der Waals surface area contributed by atoms with Crippen molar-refractivity contribution in [3.8, 4) is 0 Å². The maximum Gasteiger partial charge on any atom is 0.0236 e. The third-order valence-corrected chi connectivity index (χ3v) is 3.34. The molecule has 1 aromatic carbocycles. The minimum absolute atomic E-state index is 0.610. The predicted octanol–water partition coefficient (Wildman–Crippen LogP) is 1.91. The Hall–Kier alpha value is -0.860. The van der Waals surface area contributed by atoms with Crippen molar-refractivity contribution < 1.29 is 0 Å². The molecule has 2 heteroatoms. The Bertz CT molecular complexity index is 308. The average molecular weight is 218 g/mol.